The van der Waals surface area contributed by atoms with Crippen LogP contribution in [0.15, 0.2) is 89.1 Å². The van der Waals surface area contributed by atoms with Crippen LogP contribution in [0.5, 0.6) is 0 Å². The highest BCUT2D eigenvalue weighted by Gasteiger charge is 2.36. The molecular formula is C26H20ClFN4O2. The smallest absolute Gasteiger partial charge is 0.322 e. The first-order valence-electron chi connectivity index (χ1n) is 10.7. The summed E-state index contributed by atoms with van der Waals surface area (Å²) in [5, 5.41) is 7.71. The molecule has 2 heterocycles. The molecule has 2 amide bonds. The van der Waals surface area contributed by atoms with Crippen LogP contribution in [0, 0.1) is 5.82 Å². The number of urea groups is 1. The van der Waals surface area contributed by atoms with E-state index in [-0.39, 0.29) is 24.3 Å². The van der Waals surface area contributed by atoms with Gasteiger partial charge in [-0.3, -0.25) is 4.90 Å². The quantitative estimate of drug-likeness (QED) is 0.372. The number of rotatable bonds is 5. The Labute approximate surface area is 200 Å². The Morgan fingerprint density at radius 3 is 2.59 bits per heavy atom. The van der Waals surface area contributed by atoms with Crippen molar-refractivity contribution in [3.63, 3.8) is 0 Å². The Morgan fingerprint density at radius 1 is 1.06 bits per heavy atom. The summed E-state index contributed by atoms with van der Waals surface area (Å²) in [5.74, 6) is 0.262. The van der Waals surface area contributed by atoms with Crippen molar-refractivity contribution >= 4 is 23.2 Å². The van der Waals surface area contributed by atoms with Gasteiger partial charge in [0.1, 0.15) is 5.82 Å². The van der Waals surface area contributed by atoms with Crippen molar-refractivity contribution in [2.24, 2.45) is 0 Å². The number of aromatic nitrogens is 2. The third-order valence-electron chi connectivity index (χ3n) is 5.75. The molecule has 1 aliphatic rings. The van der Waals surface area contributed by atoms with Gasteiger partial charge in [0.05, 0.1) is 18.2 Å². The van der Waals surface area contributed by atoms with Gasteiger partial charge in [0.2, 0.25) is 5.82 Å². The Balaban J connectivity index is 1.61. The van der Waals surface area contributed by atoms with Gasteiger partial charge in [0.25, 0.3) is 5.89 Å². The van der Waals surface area contributed by atoms with Crippen molar-refractivity contribution in [1.29, 1.82) is 0 Å². The lowest BCUT2D eigenvalue weighted by atomic mass is 9.94. The molecule has 34 heavy (non-hydrogen) atoms. The monoisotopic (exact) mass is 474 g/mol. The Hall–Kier alpha value is -3.97. The standard InChI is InChI=1S/C26H20ClFN4O2/c1-16-22(25-30-24(31-34-25)18-11-7-12-20(27)14-18)23(17-8-3-2-4-9-17)29-26(33)32(16)15-19-10-5-6-13-21(19)28/h2-14,23H,15H2,1H3,(H,29,33). The van der Waals surface area contributed by atoms with Gasteiger partial charge in [0.15, 0.2) is 0 Å². The number of carbonyl (C=O) groups is 1. The molecule has 1 aromatic heterocycles. The van der Waals surface area contributed by atoms with Crippen LogP contribution in [-0.2, 0) is 6.54 Å². The number of nitrogens with zero attached hydrogens (tertiary/aromatic N) is 3. The Morgan fingerprint density at radius 2 is 1.82 bits per heavy atom. The van der Waals surface area contributed by atoms with Gasteiger partial charge in [-0.05, 0) is 30.7 Å². The molecule has 0 radical (unpaired) electrons. The van der Waals surface area contributed by atoms with Crippen LogP contribution in [0.1, 0.15) is 30.0 Å². The molecule has 4 aromatic rings. The second kappa shape index (κ2) is 9.11. The lowest BCUT2D eigenvalue weighted by Crippen LogP contribution is -2.45. The summed E-state index contributed by atoms with van der Waals surface area (Å²) in [5.41, 5.74) is 3.21. The number of amides is 2. The van der Waals surface area contributed by atoms with Gasteiger partial charge < -0.3 is 9.84 Å². The molecule has 3 aromatic carbocycles. The predicted octanol–water partition coefficient (Wildman–Crippen LogP) is 6.23. The van der Waals surface area contributed by atoms with E-state index in [0.717, 1.165) is 5.56 Å². The summed E-state index contributed by atoms with van der Waals surface area (Å²) >= 11 is 6.12. The van der Waals surface area contributed by atoms with E-state index in [1.54, 1.807) is 37.3 Å². The van der Waals surface area contributed by atoms with Crippen LogP contribution >= 0.6 is 11.6 Å². The normalized spacial score (nSPS) is 16.0. The second-order valence-corrected chi connectivity index (χ2v) is 8.34. The predicted molar refractivity (Wildman–Crippen MR) is 127 cm³/mol. The van der Waals surface area contributed by atoms with Crippen LogP contribution in [0.2, 0.25) is 5.02 Å². The molecule has 5 rings (SSSR count). The summed E-state index contributed by atoms with van der Waals surface area (Å²) in [6, 6.07) is 22.2. The van der Waals surface area contributed by atoms with Gasteiger partial charge in [-0.25, -0.2) is 9.18 Å². The summed E-state index contributed by atoms with van der Waals surface area (Å²) in [6.45, 7) is 1.86. The second-order valence-electron chi connectivity index (χ2n) is 7.90. The van der Waals surface area contributed by atoms with Crippen molar-refractivity contribution < 1.29 is 13.7 Å². The lowest BCUT2D eigenvalue weighted by molar-refractivity contribution is 0.202. The summed E-state index contributed by atoms with van der Waals surface area (Å²) in [4.78, 5) is 19.2. The molecule has 170 valence electrons. The largest absolute Gasteiger partial charge is 0.334 e. The third kappa shape index (κ3) is 4.18. The van der Waals surface area contributed by atoms with E-state index in [4.69, 9.17) is 16.1 Å². The number of halogens is 2. The zero-order chi connectivity index (χ0) is 23.7. The maximum Gasteiger partial charge on any atom is 0.322 e. The highest BCUT2D eigenvalue weighted by molar-refractivity contribution is 6.30. The first-order chi connectivity index (χ1) is 16.5. The van der Waals surface area contributed by atoms with Crippen molar-refractivity contribution in [3.05, 3.63) is 112 Å². The van der Waals surface area contributed by atoms with E-state index in [0.29, 0.717) is 33.2 Å². The Bertz CT molecular complexity index is 1390. The van der Waals surface area contributed by atoms with Gasteiger partial charge in [-0.2, -0.15) is 4.98 Å². The summed E-state index contributed by atoms with van der Waals surface area (Å²) in [7, 11) is 0. The maximum atomic E-state index is 14.4. The van der Waals surface area contributed by atoms with E-state index in [9.17, 15) is 9.18 Å². The minimum atomic E-state index is -0.516. The average Bonchev–Trinajstić information content (AvgIpc) is 3.33. The fraction of sp³-hybridized carbons (Fsp3) is 0.115. The highest BCUT2D eigenvalue weighted by atomic mass is 35.5. The molecule has 0 bridgehead atoms. The van der Waals surface area contributed by atoms with Crippen LogP contribution in [0.3, 0.4) is 0 Å². The fourth-order valence-corrected chi connectivity index (χ4v) is 4.21. The molecule has 1 unspecified atom stereocenters. The van der Waals surface area contributed by atoms with Gasteiger partial charge in [0, 0.05) is 21.8 Å². The zero-order valence-corrected chi connectivity index (χ0v) is 19.0. The SMILES string of the molecule is CC1=C(c2nc(-c3cccc(Cl)c3)no2)C(c2ccccc2)NC(=O)N1Cc1ccccc1F. The third-order valence-corrected chi connectivity index (χ3v) is 5.99. The van der Waals surface area contributed by atoms with E-state index >= 15 is 0 Å². The topological polar surface area (TPSA) is 71.3 Å². The fourth-order valence-electron chi connectivity index (χ4n) is 4.02. The molecule has 6 nitrogen and oxygen atoms in total. The van der Waals surface area contributed by atoms with Crippen LogP contribution in [0.4, 0.5) is 9.18 Å². The number of nitrogens with one attached hydrogen (secondary N) is 1. The van der Waals surface area contributed by atoms with E-state index < -0.39 is 6.04 Å². The average molecular weight is 475 g/mol. The molecule has 0 saturated carbocycles. The number of hydrogen-bond acceptors (Lipinski definition) is 4. The van der Waals surface area contributed by atoms with Crippen LogP contribution in [-0.4, -0.2) is 21.1 Å². The zero-order valence-electron chi connectivity index (χ0n) is 18.2. The van der Waals surface area contributed by atoms with Gasteiger partial charge in [-0.1, -0.05) is 77.4 Å². The highest BCUT2D eigenvalue weighted by Crippen LogP contribution is 2.38. The molecular weight excluding hydrogens is 455 g/mol. The first-order valence-corrected chi connectivity index (χ1v) is 11.1. The number of hydrogen-bond donors (Lipinski definition) is 1. The number of benzene rings is 3. The van der Waals surface area contributed by atoms with Crippen LogP contribution < -0.4 is 5.32 Å². The molecule has 0 saturated heterocycles. The molecule has 0 aliphatic carbocycles. The van der Waals surface area contributed by atoms with Crippen molar-refractivity contribution in [2.75, 3.05) is 0 Å². The minimum Gasteiger partial charge on any atom is -0.334 e. The summed E-state index contributed by atoms with van der Waals surface area (Å²) in [6.07, 6.45) is 0. The Kier molecular flexibility index (Phi) is 5.86. The number of carbonyl (C=O) groups excluding carboxylic acids is 1. The van der Waals surface area contributed by atoms with Crippen molar-refractivity contribution in [1.82, 2.24) is 20.4 Å². The van der Waals surface area contributed by atoms with Crippen molar-refractivity contribution in [2.45, 2.75) is 19.5 Å². The first kappa shape index (κ1) is 21.9. The minimum absolute atomic E-state index is 0.0602. The molecule has 1 atom stereocenters. The van der Waals surface area contributed by atoms with E-state index in [1.807, 2.05) is 42.5 Å². The molecule has 0 spiro atoms. The lowest BCUT2D eigenvalue weighted by Gasteiger charge is -2.35. The van der Waals surface area contributed by atoms with Gasteiger partial charge >= 0.3 is 6.03 Å². The maximum absolute atomic E-state index is 14.4. The number of allylic oxidation sites excluding steroid dienone is 1. The van der Waals surface area contributed by atoms with Crippen molar-refractivity contribution in [3.8, 4) is 11.4 Å². The van der Waals surface area contributed by atoms with E-state index in [1.165, 1.54) is 11.0 Å². The molecule has 8 heteroatoms. The molecule has 1 aliphatic heterocycles. The van der Waals surface area contributed by atoms with Crippen LogP contribution in [0.25, 0.3) is 17.0 Å². The molecule has 1 N–H and O–H groups in total. The van der Waals surface area contributed by atoms with Gasteiger partial charge in [-0.15, -0.1) is 0 Å². The summed E-state index contributed by atoms with van der Waals surface area (Å²) < 4.78 is 20.0. The van der Waals surface area contributed by atoms with E-state index in [2.05, 4.69) is 15.5 Å². The molecule has 0 fully saturated rings.